The molecule has 1 saturated heterocycles. The average molecular weight is 404 g/mol. The zero-order chi connectivity index (χ0) is 19.9. The highest BCUT2D eigenvalue weighted by atomic mass is 35.5. The zero-order valence-electron chi connectivity index (χ0n) is 17.6. The van der Waals surface area contributed by atoms with Crippen molar-refractivity contribution in [1.82, 2.24) is 4.90 Å². The predicted molar refractivity (Wildman–Crippen MR) is 114 cm³/mol. The van der Waals surface area contributed by atoms with Crippen molar-refractivity contribution < 1.29 is 9.53 Å². The zero-order valence-corrected chi connectivity index (χ0v) is 18.4. The summed E-state index contributed by atoms with van der Waals surface area (Å²) in [7, 11) is 0. The van der Waals surface area contributed by atoms with Gasteiger partial charge in [-0.05, 0) is 106 Å². The number of amides is 1. The summed E-state index contributed by atoms with van der Waals surface area (Å²) in [6.45, 7) is 7.47. The molecule has 28 heavy (non-hydrogen) atoms. The van der Waals surface area contributed by atoms with Crippen molar-refractivity contribution in [3.63, 3.8) is 0 Å². The van der Waals surface area contributed by atoms with E-state index in [1.165, 1.54) is 44.1 Å². The van der Waals surface area contributed by atoms with Crippen LogP contribution in [0.3, 0.4) is 0 Å². The smallest absolute Gasteiger partial charge is 0.410 e. The van der Waals surface area contributed by atoms with E-state index < -0.39 is 5.60 Å². The Hall–Kier alpha value is -1.22. The number of carbonyl (C=O) groups is 1. The molecule has 1 aromatic rings. The Morgan fingerprint density at radius 1 is 1.25 bits per heavy atom. The monoisotopic (exact) mass is 403 g/mol. The molecule has 154 valence electrons. The van der Waals surface area contributed by atoms with Crippen LogP contribution in [0.2, 0.25) is 5.02 Å². The molecule has 1 aliphatic heterocycles. The molecule has 0 aromatic heterocycles. The number of benzene rings is 1. The third-order valence-electron chi connectivity index (χ3n) is 7.10. The van der Waals surface area contributed by atoms with Crippen LogP contribution in [0.4, 0.5) is 4.79 Å². The second-order valence-electron chi connectivity index (χ2n) is 10.2. The SMILES string of the molecule is CC(C)(C)OC(=O)N1CCC(CCC2CC23CCCc2ccc(Cl)cc23)CC1. The minimum absolute atomic E-state index is 0.150. The number of hydrogen-bond donors (Lipinski definition) is 0. The van der Waals surface area contributed by atoms with Crippen LogP contribution in [0.1, 0.15) is 76.8 Å². The number of fused-ring (bicyclic) bond motifs is 2. The Balaban J connectivity index is 1.27. The lowest BCUT2D eigenvalue weighted by Gasteiger charge is -2.33. The third kappa shape index (κ3) is 4.20. The number of nitrogens with zero attached hydrogens (tertiary/aromatic N) is 1. The van der Waals surface area contributed by atoms with Gasteiger partial charge in [-0.1, -0.05) is 24.1 Å². The molecule has 1 aromatic carbocycles. The largest absolute Gasteiger partial charge is 0.444 e. The number of rotatable bonds is 3. The fourth-order valence-corrected chi connectivity index (χ4v) is 5.69. The van der Waals surface area contributed by atoms with E-state index in [2.05, 4.69) is 18.2 Å². The fraction of sp³-hybridized carbons (Fsp3) is 0.708. The minimum Gasteiger partial charge on any atom is -0.444 e. The van der Waals surface area contributed by atoms with Crippen molar-refractivity contribution in [3.05, 3.63) is 34.3 Å². The maximum absolute atomic E-state index is 12.2. The van der Waals surface area contributed by atoms with Crippen molar-refractivity contribution in [2.75, 3.05) is 13.1 Å². The van der Waals surface area contributed by atoms with Crippen LogP contribution < -0.4 is 0 Å². The molecule has 2 atom stereocenters. The lowest BCUT2D eigenvalue weighted by Crippen LogP contribution is -2.41. The summed E-state index contributed by atoms with van der Waals surface area (Å²) in [6, 6.07) is 6.55. The van der Waals surface area contributed by atoms with Crippen LogP contribution in [0.5, 0.6) is 0 Å². The predicted octanol–water partition coefficient (Wildman–Crippen LogP) is 6.36. The van der Waals surface area contributed by atoms with Gasteiger partial charge in [0.05, 0.1) is 0 Å². The molecule has 3 nitrogen and oxygen atoms in total. The normalized spacial score (nSPS) is 27.6. The van der Waals surface area contributed by atoms with Crippen molar-refractivity contribution in [2.45, 2.75) is 83.2 Å². The number of aryl methyl sites for hydroxylation is 1. The fourth-order valence-electron chi connectivity index (χ4n) is 5.52. The van der Waals surface area contributed by atoms with Gasteiger partial charge in [0, 0.05) is 18.1 Å². The average Bonchev–Trinajstić information content (AvgIpc) is 3.33. The van der Waals surface area contributed by atoms with E-state index in [9.17, 15) is 4.79 Å². The van der Waals surface area contributed by atoms with Gasteiger partial charge in [-0.3, -0.25) is 0 Å². The van der Waals surface area contributed by atoms with Crippen LogP contribution in [-0.4, -0.2) is 29.7 Å². The van der Waals surface area contributed by atoms with Gasteiger partial charge in [0.2, 0.25) is 0 Å². The molecule has 1 amide bonds. The first-order valence-corrected chi connectivity index (χ1v) is 11.4. The van der Waals surface area contributed by atoms with Crippen LogP contribution in [0, 0.1) is 11.8 Å². The van der Waals surface area contributed by atoms with Gasteiger partial charge >= 0.3 is 6.09 Å². The van der Waals surface area contributed by atoms with Gasteiger partial charge in [0.1, 0.15) is 5.60 Å². The molecule has 0 N–H and O–H groups in total. The Morgan fingerprint density at radius 2 is 2.00 bits per heavy atom. The Labute approximate surface area is 174 Å². The van der Waals surface area contributed by atoms with E-state index in [1.54, 1.807) is 5.56 Å². The molecule has 2 unspecified atom stereocenters. The highest BCUT2D eigenvalue weighted by molar-refractivity contribution is 6.30. The van der Waals surface area contributed by atoms with Crippen LogP contribution >= 0.6 is 11.6 Å². The van der Waals surface area contributed by atoms with Gasteiger partial charge in [0.25, 0.3) is 0 Å². The molecule has 1 saturated carbocycles. The Morgan fingerprint density at radius 3 is 2.71 bits per heavy atom. The minimum atomic E-state index is -0.409. The van der Waals surface area contributed by atoms with E-state index in [4.69, 9.17) is 16.3 Å². The summed E-state index contributed by atoms with van der Waals surface area (Å²) in [4.78, 5) is 14.1. The summed E-state index contributed by atoms with van der Waals surface area (Å²) in [5, 5.41) is 0.889. The highest BCUT2D eigenvalue weighted by Crippen LogP contribution is 2.62. The number of likely N-dealkylation sites (tertiary alicyclic amines) is 1. The molecule has 4 heteroatoms. The molecular formula is C24H34ClNO2. The number of piperidine rings is 1. The first kappa shape index (κ1) is 20.1. The summed E-state index contributed by atoms with van der Waals surface area (Å²) in [6.07, 6.45) is 9.90. The molecule has 2 aliphatic carbocycles. The van der Waals surface area contributed by atoms with E-state index in [0.29, 0.717) is 5.41 Å². The van der Waals surface area contributed by atoms with E-state index in [-0.39, 0.29) is 6.09 Å². The summed E-state index contributed by atoms with van der Waals surface area (Å²) in [5.74, 6) is 1.58. The lowest BCUT2D eigenvalue weighted by molar-refractivity contribution is 0.0180. The van der Waals surface area contributed by atoms with Gasteiger partial charge < -0.3 is 9.64 Å². The van der Waals surface area contributed by atoms with Crippen LogP contribution in [0.15, 0.2) is 18.2 Å². The van der Waals surface area contributed by atoms with E-state index >= 15 is 0 Å². The summed E-state index contributed by atoms with van der Waals surface area (Å²) in [5.41, 5.74) is 3.10. The highest BCUT2D eigenvalue weighted by Gasteiger charge is 2.55. The molecule has 2 fully saturated rings. The lowest BCUT2D eigenvalue weighted by atomic mass is 9.77. The Kier molecular flexibility index (Phi) is 5.41. The summed E-state index contributed by atoms with van der Waals surface area (Å²) >= 11 is 6.32. The van der Waals surface area contributed by atoms with E-state index in [1.807, 2.05) is 25.7 Å². The molecule has 1 heterocycles. The van der Waals surface area contributed by atoms with Crippen molar-refractivity contribution in [2.24, 2.45) is 11.8 Å². The third-order valence-corrected chi connectivity index (χ3v) is 7.33. The maximum Gasteiger partial charge on any atom is 0.410 e. The van der Waals surface area contributed by atoms with Crippen LogP contribution in [-0.2, 0) is 16.6 Å². The van der Waals surface area contributed by atoms with Crippen molar-refractivity contribution in [3.8, 4) is 0 Å². The first-order chi connectivity index (χ1) is 13.3. The van der Waals surface area contributed by atoms with Gasteiger partial charge in [-0.15, -0.1) is 0 Å². The summed E-state index contributed by atoms with van der Waals surface area (Å²) < 4.78 is 5.51. The molecule has 0 radical (unpaired) electrons. The molecular weight excluding hydrogens is 370 g/mol. The quantitative estimate of drug-likeness (QED) is 0.587. The Bertz CT molecular complexity index is 733. The molecule has 1 spiro atoms. The number of hydrogen-bond acceptors (Lipinski definition) is 2. The number of halogens is 1. The maximum atomic E-state index is 12.2. The van der Waals surface area contributed by atoms with Crippen molar-refractivity contribution >= 4 is 17.7 Å². The van der Waals surface area contributed by atoms with Gasteiger partial charge in [0.15, 0.2) is 0 Å². The first-order valence-electron chi connectivity index (χ1n) is 11.0. The molecule has 4 rings (SSSR count). The number of ether oxygens (including phenoxy) is 1. The topological polar surface area (TPSA) is 29.5 Å². The second-order valence-corrected chi connectivity index (χ2v) is 10.6. The van der Waals surface area contributed by atoms with Crippen LogP contribution in [0.25, 0.3) is 0 Å². The van der Waals surface area contributed by atoms with Gasteiger partial charge in [-0.2, -0.15) is 0 Å². The second kappa shape index (κ2) is 7.55. The van der Waals surface area contributed by atoms with Crippen molar-refractivity contribution in [1.29, 1.82) is 0 Å². The standard InChI is InChI=1S/C24H34ClNO2/c1-23(2,3)28-22(27)26-13-10-17(11-14-26)6-8-19-16-24(19)12-4-5-18-7-9-20(25)15-21(18)24/h7,9,15,17,19H,4-6,8,10-14,16H2,1-3H3. The number of carbonyl (C=O) groups excluding carboxylic acids is 1. The van der Waals surface area contributed by atoms with E-state index in [0.717, 1.165) is 42.8 Å². The van der Waals surface area contributed by atoms with Gasteiger partial charge in [-0.25, -0.2) is 4.79 Å². The molecule has 3 aliphatic rings. The molecule has 0 bridgehead atoms.